The van der Waals surface area contributed by atoms with Crippen LogP contribution < -0.4 is 0 Å². The van der Waals surface area contributed by atoms with E-state index in [1.807, 2.05) is 48.7 Å². The van der Waals surface area contributed by atoms with Crippen molar-refractivity contribution in [2.24, 2.45) is 0 Å². The van der Waals surface area contributed by atoms with Gasteiger partial charge in [-0.3, -0.25) is 4.39 Å². The number of halogens is 2. The maximum absolute atomic E-state index is 13.7. The maximum Gasteiger partial charge on any atom is 3.00 e. The van der Waals surface area contributed by atoms with Crippen LogP contribution in [0.25, 0.3) is 27.7 Å². The molecular formula is C28H20F2IrN3. The Balaban J connectivity index is 0.000000169. The van der Waals surface area contributed by atoms with E-state index in [0.717, 1.165) is 30.2 Å². The summed E-state index contributed by atoms with van der Waals surface area (Å²) in [6.45, 7) is 1.08. The van der Waals surface area contributed by atoms with Gasteiger partial charge < -0.3 is 15.2 Å². The molecule has 0 N–H and O–H groups in total. The van der Waals surface area contributed by atoms with Crippen molar-refractivity contribution in [1.82, 2.24) is 9.88 Å². The molecule has 1 unspecified atom stereocenters. The number of hydrogen-bond acceptors (Lipinski definition) is 2. The van der Waals surface area contributed by atoms with Crippen LogP contribution in [0.15, 0.2) is 91.4 Å². The van der Waals surface area contributed by atoms with E-state index in [-0.39, 0.29) is 31.8 Å². The molecule has 1 atom stereocenters. The van der Waals surface area contributed by atoms with Gasteiger partial charge in [-0.1, -0.05) is 54.4 Å². The summed E-state index contributed by atoms with van der Waals surface area (Å²) >= 11 is 0. The van der Waals surface area contributed by atoms with Crippen LogP contribution in [0.4, 0.5) is 8.78 Å². The Morgan fingerprint density at radius 3 is 2.56 bits per heavy atom. The molecule has 34 heavy (non-hydrogen) atoms. The van der Waals surface area contributed by atoms with Crippen LogP contribution in [0, 0.1) is 23.8 Å². The second kappa shape index (κ2) is 10.7. The molecule has 0 bridgehead atoms. The van der Waals surface area contributed by atoms with E-state index in [4.69, 9.17) is 0 Å². The molecule has 0 radical (unpaired) electrons. The van der Waals surface area contributed by atoms with Crippen molar-refractivity contribution < 1.29 is 28.9 Å². The first-order valence-electron chi connectivity index (χ1n) is 10.7. The van der Waals surface area contributed by atoms with Crippen molar-refractivity contribution in [2.45, 2.75) is 12.6 Å². The van der Waals surface area contributed by atoms with Gasteiger partial charge in [0, 0.05) is 12.7 Å². The molecule has 0 aliphatic carbocycles. The third-order valence-corrected chi connectivity index (χ3v) is 5.69. The molecule has 0 saturated heterocycles. The van der Waals surface area contributed by atoms with Gasteiger partial charge in [-0.05, 0) is 29.2 Å². The minimum absolute atomic E-state index is 0. The van der Waals surface area contributed by atoms with Crippen LogP contribution in [0.2, 0.25) is 0 Å². The van der Waals surface area contributed by atoms with Gasteiger partial charge in [-0.25, -0.2) is 4.39 Å². The second-order valence-corrected chi connectivity index (χ2v) is 7.73. The average Bonchev–Trinajstić information content (AvgIpc) is 3.37. The SMILES string of the molecule is Fc1cc[c-]c(-c2ccc(-c3ccccc3)cn2)c1F.[Ir+3].[c-]1cccc2c1C1[N-]C=CN1CC2. The molecule has 6 rings (SSSR count). The zero-order chi connectivity index (χ0) is 22.6. The molecule has 0 spiro atoms. The van der Waals surface area contributed by atoms with Gasteiger partial charge in [-0.15, -0.1) is 18.2 Å². The van der Waals surface area contributed by atoms with Crippen LogP contribution in [0.5, 0.6) is 0 Å². The van der Waals surface area contributed by atoms with E-state index in [2.05, 4.69) is 45.7 Å². The first kappa shape index (κ1) is 23.8. The number of fused-ring (bicyclic) bond motifs is 3. The zero-order valence-electron chi connectivity index (χ0n) is 18.1. The van der Waals surface area contributed by atoms with Crippen LogP contribution in [0.3, 0.4) is 0 Å². The van der Waals surface area contributed by atoms with Crippen molar-refractivity contribution in [3.63, 3.8) is 0 Å². The molecule has 2 aliphatic rings. The van der Waals surface area contributed by atoms with Gasteiger partial charge in [0.05, 0.1) is 11.6 Å². The Labute approximate surface area is 211 Å². The van der Waals surface area contributed by atoms with Crippen molar-refractivity contribution in [3.05, 3.63) is 132 Å². The largest absolute Gasteiger partial charge is 3.00 e. The van der Waals surface area contributed by atoms with Gasteiger partial charge in [-0.2, -0.15) is 41.6 Å². The van der Waals surface area contributed by atoms with Gasteiger partial charge >= 0.3 is 20.1 Å². The van der Waals surface area contributed by atoms with Gasteiger partial charge in [0.1, 0.15) is 0 Å². The molecule has 0 saturated carbocycles. The molecule has 3 aromatic carbocycles. The number of hydrogen-bond donors (Lipinski definition) is 0. The number of pyridine rings is 1. The Bertz CT molecular complexity index is 1280. The van der Waals surface area contributed by atoms with Crippen LogP contribution >= 0.6 is 0 Å². The smallest absolute Gasteiger partial charge is 0.668 e. The van der Waals surface area contributed by atoms with Crippen molar-refractivity contribution in [3.8, 4) is 22.4 Å². The van der Waals surface area contributed by atoms with Crippen LogP contribution in [-0.2, 0) is 26.5 Å². The Morgan fingerprint density at radius 1 is 0.912 bits per heavy atom. The molecule has 3 nitrogen and oxygen atoms in total. The summed E-state index contributed by atoms with van der Waals surface area (Å²) in [5, 5.41) is 4.41. The summed E-state index contributed by atoms with van der Waals surface area (Å²) in [5.74, 6) is -1.82. The summed E-state index contributed by atoms with van der Waals surface area (Å²) in [6, 6.07) is 27.8. The molecule has 0 fully saturated rings. The van der Waals surface area contributed by atoms with E-state index in [1.54, 1.807) is 12.3 Å². The van der Waals surface area contributed by atoms with Crippen molar-refractivity contribution >= 4 is 0 Å². The van der Waals surface area contributed by atoms with E-state index < -0.39 is 11.6 Å². The normalized spacial score (nSPS) is 15.2. The topological polar surface area (TPSA) is 30.2 Å². The number of benzene rings is 3. The number of aromatic nitrogens is 1. The van der Waals surface area contributed by atoms with Crippen molar-refractivity contribution in [2.75, 3.05) is 6.54 Å². The molecule has 4 aromatic rings. The Morgan fingerprint density at radius 2 is 1.76 bits per heavy atom. The fraction of sp³-hybridized carbons (Fsp3) is 0.107. The van der Waals surface area contributed by atoms with Gasteiger partial charge in [0.25, 0.3) is 0 Å². The minimum Gasteiger partial charge on any atom is -0.668 e. The van der Waals surface area contributed by atoms with Gasteiger partial charge in [0.2, 0.25) is 0 Å². The van der Waals surface area contributed by atoms with E-state index in [9.17, 15) is 8.78 Å². The average molecular weight is 629 g/mol. The monoisotopic (exact) mass is 629 g/mol. The predicted octanol–water partition coefficient (Wildman–Crippen LogP) is 6.69. The maximum atomic E-state index is 13.7. The summed E-state index contributed by atoms with van der Waals surface area (Å²) in [4.78, 5) is 6.45. The van der Waals surface area contributed by atoms with E-state index >= 15 is 0 Å². The summed E-state index contributed by atoms with van der Waals surface area (Å²) in [7, 11) is 0. The first-order valence-corrected chi connectivity index (χ1v) is 10.7. The van der Waals surface area contributed by atoms with E-state index in [1.165, 1.54) is 17.2 Å². The fourth-order valence-electron chi connectivity index (χ4n) is 3.99. The predicted molar refractivity (Wildman–Crippen MR) is 125 cm³/mol. The summed E-state index contributed by atoms with van der Waals surface area (Å²) in [5.41, 5.74) is 5.00. The number of rotatable bonds is 2. The first-order chi connectivity index (χ1) is 16.2. The fourth-order valence-corrected chi connectivity index (χ4v) is 3.99. The van der Waals surface area contributed by atoms with Crippen molar-refractivity contribution in [1.29, 1.82) is 0 Å². The molecule has 170 valence electrons. The minimum atomic E-state index is -0.924. The number of nitrogens with zero attached hydrogens (tertiary/aromatic N) is 3. The quantitative estimate of drug-likeness (QED) is 0.232. The second-order valence-electron chi connectivity index (χ2n) is 7.73. The molecule has 0 amide bonds. The third-order valence-electron chi connectivity index (χ3n) is 5.69. The van der Waals surface area contributed by atoms with Crippen LogP contribution in [0.1, 0.15) is 17.3 Å². The zero-order valence-corrected chi connectivity index (χ0v) is 20.5. The van der Waals surface area contributed by atoms with E-state index in [0.29, 0.717) is 5.69 Å². The summed E-state index contributed by atoms with van der Waals surface area (Å²) < 4.78 is 26.9. The molecule has 1 aromatic heterocycles. The third kappa shape index (κ3) is 4.93. The van der Waals surface area contributed by atoms with Crippen LogP contribution in [-0.4, -0.2) is 16.4 Å². The molecular weight excluding hydrogens is 609 g/mol. The Kier molecular flexibility index (Phi) is 7.51. The van der Waals surface area contributed by atoms with Gasteiger partial charge in [0.15, 0.2) is 0 Å². The molecule has 2 aliphatic heterocycles. The summed E-state index contributed by atoms with van der Waals surface area (Å²) in [6.07, 6.45) is 6.92. The molecule has 3 heterocycles. The Hall–Kier alpha value is -3.34. The molecule has 6 heteroatoms. The standard InChI is InChI=1S/C17H10F2N.C11H10N2.Ir/c18-15-8-4-7-14(17(15)19)16-10-9-13(11-20-16)12-5-2-1-3-6-12;1-2-4-10-9(3-1)5-7-13-8-6-12-11(10)13;/h1-6,8-11H;1-3,6,8,11H,5,7H2;/q-1;-2;+3.